The van der Waals surface area contributed by atoms with E-state index in [0.29, 0.717) is 39.4 Å². The van der Waals surface area contributed by atoms with Gasteiger partial charge in [0.1, 0.15) is 5.52 Å². The van der Waals surface area contributed by atoms with Gasteiger partial charge < -0.3 is 19.4 Å². The molecule has 180 valence electrons. The summed E-state index contributed by atoms with van der Waals surface area (Å²) in [6.45, 7) is 1.91. The maximum atomic E-state index is 14.0. The van der Waals surface area contributed by atoms with Crippen molar-refractivity contribution in [2.24, 2.45) is 7.05 Å². The summed E-state index contributed by atoms with van der Waals surface area (Å²) < 4.78 is 42.0. The van der Waals surface area contributed by atoms with E-state index in [0.717, 1.165) is 16.8 Å². The first-order valence-electron chi connectivity index (χ1n) is 10.9. The summed E-state index contributed by atoms with van der Waals surface area (Å²) in [7, 11) is 2.73. The smallest absolute Gasteiger partial charge is 0.269 e. The third-order valence-electron chi connectivity index (χ3n) is 6.07. The Kier molecular flexibility index (Phi) is 5.40. The van der Waals surface area contributed by atoms with E-state index < -0.39 is 10.0 Å². The van der Waals surface area contributed by atoms with Crippen LogP contribution in [0.15, 0.2) is 59.8 Å². The molecule has 0 amide bonds. The summed E-state index contributed by atoms with van der Waals surface area (Å²) in [6.07, 6.45) is 3.44. The van der Waals surface area contributed by atoms with Crippen LogP contribution in [0, 0.1) is 6.92 Å². The van der Waals surface area contributed by atoms with Crippen LogP contribution in [0.5, 0.6) is 11.6 Å². The SMILES string of the molecule is CNc1ccnc2c1cc(-c1cn(C)c3cc(OC)c(OC)nc13)n2S(=O)(=O)c1ccc(C)cc1. The lowest BCUT2D eigenvalue weighted by Crippen LogP contribution is -2.14. The van der Waals surface area contributed by atoms with Crippen molar-refractivity contribution in [2.75, 3.05) is 26.6 Å². The molecule has 0 fully saturated rings. The monoisotopic (exact) mass is 491 g/mol. The van der Waals surface area contributed by atoms with Gasteiger partial charge in [0.2, 0.25) is 0 Å². The summed E-state index contributed by atoms with van der Waals surface area (Å²) >= 11 is 0. The van der Waals surface area contributed by atoms with Crippen molar-refractivity contribution in [1.82, 2.24) is 18.5 Å². The molecule has 10 heteroatoms. The molecule has 4 heterocycles. The van der Waals surface area contributed by atoms with Crippen LogP contribution in [0.1, 0.15) is 5.56 Å². The fourth-order valence-corrected chi connectivity index (χ4v) is 5.75. The number of fused-ring (bicyclic) bond motifs is 2. The lowest BCUT2D eigenvalue weighted by atomic mass is 10.2. The van der Waals surface area contributed by atoms with Gasteiger partial charge in [-0.05, 0) is 31.2 Å². The molecule has 0 aliphatic carbocycles. The molecule has 0 unspecified atom stereocenters. The van der Waals surface area contributed by atoms with E-state index in [4.69, 9.17) is 9.47 Å². The van der Waals surface area contributed by atoms with Gasteiger partial charge in [0.05, 0.1) is 30.3 Å². The van der Waals surface area contributed by atoms with Crippen LogP contribution in [0.2, 0.25) is 0 Å². The van der Waals surface area contributed by atoms with E-state index in [2.05, 4.69) is 15.3 Å². The molecule has 0 saturated carbocycles. The number of hydrogen-bond donors (Lipinski definition) is 1. The van der Waals surface area contributed by atoms with Gasteiger partial charge in [0.25, 0.3) is 15.9 Å². The average molecular weight is 492 g/mol. The van der Waals surface area contributed by atoms with Gasteiger partial charge in [-0.25, -0.2) is 22.4 Å². The van der Waals surface area contributed by atoms with Crippen molar-refractivity contribution >= 4 is 37.8 Å². The molecule has 0 atom stereocenters. The zero-order chi connectivity index (χ0) is 24.9. The number of hydrogen-bond acceptors (Lipinski definition) is 7. The van der Waals surface area contributed by atoms with Crippen LogP contribution in [0.3, 0.4) is 0 Å². The van der Waals surface area contributed by atoms with E-state index in [9.17, 15) is 8.42 Å². The first-order chi connectivity index (χ1) is 16.8. The Bertz CT molecular complexity index is 1690. The Morgan fingerprint density at radius 3 is 2.43 bits per heavy atom. The highest BCUT2D eigenvalue weighted by molar-refractivity contribution is 7.90. The van der Waals surface area contributed by atoms with Crippen LogP contribution in [-0.4, -0.2) is 48.2 Å². The van der Waals surface area contributed by atoms with Gasteiger partial charge >= 0.3 is 0 Å². The second-order valence-corrected chi connectivity index (χ2v) is 9.97. The molecule has 0 aliphatic rings. The van der Waals surface area contributed by atoms with Crippen molar-refractivity contribution in [3.63, 3.8) is 0 Å². The molecule has 0 bridgehead atoms. The van der Waals surface area contributed by atoms with Crippen molar-refractivity contribution in [1.29, 1.82) is 0 Å². The molecule has 1 aromatic carbocycles. The number of methoxy groups -OCH3 is 2. The van der Waals surface area contributed by atoms with Crippen LogP contribution in [-0.2, 0) is 17.1 Å². The number of ether oxygens (including phenoxy) is 2. The molecule has 4 aromatic heterocycles. The Morgan fingerprint density at radius 2 is 1.77 bits per heavy atom. The van der Waals surface area contributed by atoms with E-state index in [1.807, 2.05) is 42.9 Å². The standard InChI is InChI=1S/C25H25N5O4S/c1-15-6-8-16(9-7-15)35(31,32)30-20(12-17-19(26-2)10-11-27-24(17)30)18-14-29(3)21-13-22(33-4)25(34-5)28-23(18)21/h6-14H,1-5H3,(H,26,27). The summed E-state index contributed by atoms with van der Waals surface area (Å²) in [5.41, 5.74) is 4.48. The lowest BCUT2D eigenvalue weighted by Gasteiger charge is -2.12. The summed E-state index contributed by atoms with van der Waals surface area (Å²) in [5, 5.41) is 3.81. The zero-order valence-corrected chi connectivity index (χ0v) is 20.8. The molecule has 5 aromatic rings. The predicted octanol–water partition coefficient (Wildman–Crippen LogP) is 4.19. The predicted molar refractivity (Wildman–Crippen MR) is 136 cm³/mol. The van der Waals surface area contributed by atoms with E-state index in [1.54, 1.807) is 44.6 Å². The largest absolute Gasteiger partial charge is 0.491 e. The topological polar surface area (TPSA) is 100 Å². The van der Waals surface area contributed by atoms with Crippen molar-refractivity contribution in [2.45, 2.75) is 11.8 Å². The molecule has 0 aliphatic heterocycles. The normalized spacial score (nSPS) is 11.8. The minimum atomic E-state index is -4.00. The minimum Gasteiger partial charge on any atom is -0.491 e. The molecule has 1 N–H and O–H groups in total. The van der Waals surface area contributed by atoms with Crippen molar-refractivity contribution in [3.8, 4) is 22.9 Å². The zero-order valence-electron chi connectivity index (χ0n) is 20.0. The van der Waals surface area contributed by atoms with Crippen molar-refractivity contribution < 1.29 is 17.9 Å². The Hall–Kier alpha value is -4.05. The second-order valence-electron chi connectivity index (χ2n) is 8.18. The second kappa shape index (κ2) is 8.31. The minimum absolute atomic E-state index is 0.172. The highest BCUT2D eigenvalue weighted by Gasteiger charge is 2.28. The molecule has 35 heavy (non-hydrogen) atoms. The van der Waals surface area contributed by atoms with E-state index in [-0.39, 0.29) is 4.90 Å². The molecular formula is C25H25N5O4S. The third kappa shape index (κ3) is 3.48. The van der Waals surface area contributed by atoms with E-state index in [1.165, 1.54) is 11.1 Å². The fourth-order valence-electron chi connectivity index (χ4n) is 4.28. The van der Waals surface area contributed by atoms with Crippen LogP contribution >= 0.6 is 0 Å². The first kappa shape index (κ1) is 22.7. The van der Waals surface area contributed by atoms with Crippen LogP contribution in [0.25, 0.3) is 33.3 Å². The van der Waals surface area contributed by atoms with Crippen LogP contribution < -0.4 is 14.8 Å². The van der Waals surface area contributed by atoms with Crippen molar-refractivity contribution in [3.05, 3.63) is 60.4 Å². The highest BCUT2D eigenvalue weighted by atomic mass is 32.2. The third-order valence-corrected chi connectivity index (χ3v) is 7.79. The van der Waals surface area contributed by atoms with E-state index >= 15 is 0 Å². The number of rotatable bonds is 6. The number of nitrogens with one attached hydrogen (secondary N) is 1. The molecule has 9 nitrogen and oxygen atoms in total. The molecule has 0 saturated heterocycles. The summed E-state index contributed by atoms with van der Waals surface area (Å²) in [6, 6.07) is 12.2. The van der Waals surface area contributed by atoms with Gasteiger partial charge in [-0.1, -0.05) is 17.7 Å². The maximum Gasteiger partial charge on any atom is 0.269 e. The Balaban J connectivity index is 1.89. The number of benzene rings is 1. The average Bonchev–Trinajstić information content (AvgIpc) is 3.41. The number of anilines is 1. The van der Waals surface area contributed by atoms with Gasteiger partial charge in [-0.3, -0.25) is 0 Å². The number of nitrogens with zero attached hydrogens (tertiary/aromatic N) is 4. The number of aryl methyl sites for hydroxylation is 2. The Labute approximate surface area is 203 Å². The number of pyridine rings is 2. The molecule has 5 rings (SSSR count). The highest BCUT2D eigenvalue weighted by Crippen LogP contribution is 2.39. The Morgan fingerprint density at radius 1 is 1.03 bits per heavy atom. The lowest BCUT2D eigenvalue weighted by molar-refractivity contribution is 0.344. The van der Waals surface area contributed by atoms with Gasteiger partial charge in [0.15, 0.2) is 11.4 Å². The molecule has 0 radical (unpaired) electrons. The summed E-state index contributed by atoms with van der Waals surface area (Å²) in [4.78, 5) is 9.31. The number of aromatic nitrogens is 4. The van der Waals surface area contributed by atoms with Gasteiger partial charge in [0, 0.05) is 49.2 Å². The summed E-state index contributed by atoms with van der Waals surface area (Å²) in [5.74, 6) is 0.797. The fraction of sp³-hybridized carbons (Fsp3) is 0.200. The van der Waals surface area contributed by atoms with Crippen LogP contribution in [0.4, 0.5) is 5.69 Å². The van der Waals surface area contributed by atoms with Gasteiger partial charge in [-0.15, -0.1) is 0 Å². The maximum absolute atomic E-state index is 14.0. The molecule has 0 spiro atoms. The first-order valence-corrected chi connectivity index (χ1v) is 12.3. The molecular weight excluding hydrogens is 466 g/mol. The van der Waals surface area contributed by atoms with Gasteiger partial charge in [-0.2, -0.15) is 0 Å². The quantitative estimate of drug-likeness (QED) is 0.380.